The minimum Gasteiger partial charge on any atom is -0.481 e. The van der Waals surface area contributed by atoms with Crippen LogP contribution in [0.3, 0.4) is 0 Å². The first-order valence-electron chi connectivity index (χ1n) is 6.07. The zero-order chi connectivity index (χ0) is 15.2. The third-order valence-corrected chi connectivity index (χ3v) is 2.71. The maximum Gasteiger partial charge on any atom is 0.338 e. The van der Waals surface area contributed by atoms with E-state index in [4.69, 9.17) is 9.84 Å². The third kappa shape index (κ3) is 3.53. The normalized spacial score (nSPS) is 9.95. The highest BCUT2D eigenvalue weighted by molar-refractivity contribution is 6.03. The van der Waals surface area contributed by atoms with E-state index in [1.54, 1.807) is 18.3 Å². The summed E-state index contributed by atoms with van der Waals surface area (Å²) in [6, 6.07) is 6.22. The SMILES string of the molecule is COc1ccc(CNC(=O)c2ncccc2C(=O)O)cn1. The van der Waals surface area contributed by atoms with Crippen LogP contribution in [0.25, 0.3) is 0 Å². The van der Waals surface area contributed by atoms with E-state index in [2.05, 4.69) is 15.3 Å². The molecular formula is C14H13N3O4. The number of hydrogen-bond acceptors (Lipinski definition) is 5. The highest BCUT2D eigenvalue weighted by Crippen LogP contribution is 2.08. The van der Waals surface area contributed by atoms with Crippen LogP contribution < -0.4 is 10.1 Å². The number of carboxylic acid groups (broad SMARTS) is 1. The maximum atomic E-state index is 12.0. The number of rotatable bonds is 5. The predicted octanol–water partition coefficient (Wildman–Crippen LogP) is 1.11. The van der Waals surface area contributed by atoms with Crippen LogP contribution in [0.4, 0.5) is 0 Å². The molecule has 0 spiro atoms. The second-order valence-electron chi connectivity index (χ2n) is 4.10. The molecule has 0 saturated heterocycles. The summed E-state index contributed by atoms with van der Waals surface area (Å²) in [6.45, 7) is 0.214. The molecule has 0 fully saturated rings. The van der Waals surface area contributed by atoms with Gasteiger partial charge in [-0.05, 0) is 17.7 Å². The molecular weight excluding hydrogens is 274 g/mol. The molecule has 0 saturated carbocycles. The van der Waals surface area contributed by atoms with Crippen molar-refractivity contribution in [3.63, 3.8) is 0 Å². The van der Waals surface area contributed by atoms with E-state index in [0.717, 1.165) is 5.56 Å². The van der Waals surface area contributed by atoms with Gasteiger partial charge >= 0.3 is 5.97 Å². The van der Waals surface area contributed by atoms with Gasteiger partial charge in [-0.1, -0.05) is 6.07 Å². The van der Waals surface area contributed by atoms with Gasteiger partial charge in [-0.15, -0.1) is 0 Å². The first-order valence-corrected chi connectivity index (χ1v) is 6.07. The highest BCUT2D eigenvalue weighted by atomic mass is 16.5. The Morgan fingerprint density at radius 2 is 2.10 bits per heavy atom. The summed E-state index contributed by atoms with van der Waals surface area (Å²) >= 11 is 0. The molecule has 2 aromatic rings. The molecule has 7 nitrogen and oxygen atoms in total. The Hall–Kier alpha value is -2.96. The standard InChI is InChI=1S/C14H13N3O4/c1-21-11-5-4-9(7-16-11)8-17-13(18)12-10(14(19)20)3-2-6-15-12/h2-7H,8H2,1H3,(H,17,18)(H,19,20). The fourth-order valence-corrected chi connectivity index (χ4v) is 1.66. The van der Waals surface area contributed by atoms with Crippen LogP contribution in [0.2, 0.25) is 0 Å². The summed E-state index contributed by atoms with van der Waals surface area (Å²) in [5.74, 6) is -1.27. The predicted molar refractivity (Wildman–Crippen MR) is 73.2 cm³/mol. The van der Waals surface area contributed by atoms with Gasteiger partial charge in [-0.3, -0.25) is 9.78 Å². The third-order valence-electron chi connectivity index (χ3n) is 2.71. The zero-order valence-electron chi connectivity index (χ0n) is 11.2. The number of aromatic carboxylic acids is 1. The number of hydrogen-bond donors (Lipinski definition) is 2. The Morgan fingerprint density at radius 3 is 2.71 bits per heavy atom. The molecule has 0 bridgehead atoms. The fraction of sp³-hybridized carbons (Fsp3) is 0.143. The number of carboxylic acids is 1. The van der Waals surface area contributed by atoms with Gasteiger partial charge in [0.2, 0.25) is 5.88 Å². The zero-order valence-corrected chi connectivity index (χ0v) is 11.2. The molecule has 0 radical (unpaired) electrons. The van der Waals surface area contributed by atoms with Gasteiger partial charge in [0.25, 0.3) is 5.91 Å². The van der Waals surface area contributed by atoms with Crippen LogP contribution >= 0.6 is 0 Å². The maximum absolute atomic E-state index is 12.0. The lowest BCUT2D eigenvalue weighted by Gasteiger charge is -2.07. The van der Waals surface area contributed by atoms with E-state index in [-0.39, 0.29) is 17.8 Å². The van der Waals surface area contributed by atoms with Crippen molar-refractivity contribution in [3.05, 3.63) is 53.5 Å². The summed E-state index contributed by atoms with van der Waals surface area (Å²) in [5, 5.41) is 11.6. The van der Waals surface area contributed by atoms with Gasteiger partial charge in [-0.25, -0.2) is 9.78 Å². The molecule has 0 aliphatic carbocycles. The van der Waals surface area contributed by atoms with E-state index in [1.165, 1.54) is 25.4 Å². The van der Waals surface area contributed by atoms with E-state index in [1.807, 2.05) is 0 Å². The van der Waals surface area contributed by atoms with Gasteiger partial charge in [0.15, 0.2) is 0 Å². The average Bonchev–Trinajstić information content (AvgIpc) is 2.53. The van der Waals surface area contributed by atoms with Gasteiger partial charge in [0, 0.05) is 25.0 Å². The number of carbonyl (C=O) groups is 2. The fourth-order valence-electron chi connectivity index (χ4n) is 1.66. The van der Waals surface area contributed by atoms with Crippen molar-refractivity contribution in [1.29, 1.82) is 0 Å². The quantitative estimate of drug-likeness (QED) is 0.854. The van der Waals surface area contributed by atoms with E-state index >= 15 is 0 Å². The van der Waals surface area contributed by atoms with Crippen molar-refractivity contribution < 1.29 is 19.4 Å². The second-order valence-corrected chi connectivity index (χ2v) is 4.10. The molecule has 2 rings (SSSR count). The van der Waals surface area contributed by atoms with Crippen molar-refractivity contribution in [2.75, 3.05) is 7.11 Å². The summed E-state index contributed by atoms with van der Waals surface area (Å²) in [6.07, 6.45) is 2.94. The van der Waals surface area contributed by atoms with Crippen LogP contribution in [0, 0.1) is 0 Å². The van der Waals surface area contributed by atoms with Crippen molar-refractivity contribution in [1.82, 2.24) is 15.3 Å². The molecule has 2 N–H and O–H groups in total. The number of pyridine rings is 2. The van der Waals surface area contributed by atoms with Crippen LogP contribution in [0.1, 0.15) is 26.4 Å². The Labute approximate surface area is 120 Å². The minimum absolute atomic E-state index is 0.119. The van der Waals surface area contributed by atoms with Crippen LogP contribution in [0.5, 0.6) is 5.88 Å². The van der Waals surface area contributed by atoms with Gasteiger partial charge in [0.1, 0.15) is 5.69 Å². The molecule has 0 aromatic carbocycles. The first kappa shape index (κ1) is 14.4. The van der Waals surface area contributed by atoms with Gasteiger partial charge < -0.3 is 15.2 Å². The van der Waals surface area contributed by atoms with Crippen molar-refractivity contribution in [2.24, 2.45) is 0 Å². The number of amides is 1. The molecule has 21 heavy (non-hydrogen) atoms. The molecule has 0 unspecified atom stereocenters. The molecule has 0 atom stereocenters. The number of nitrogens with one attached hydrogen (secondary N) is 1. The summed E-state index contributed by atoms with van der Waals surface area (Å²) < 4.78 is 4.93. The number of aromatic nitrogens is 2. The van der Waals surface area contributed by atoms with E-state index < -0.39 is 11.9 Å². The number of nitrogens with zero attached hydrogens (tertiary/aromatic N) is 2. The van der Waals surface area contributed by atoms with E-state index in [9.17, 15) is 9.59 Å². The molecule has 108 valence electrons. The van der Waals surface area contributed by atoms with Gasteiger partial charge in [0.05, 0.1) is 12.7 Å². The minimum atomic E-state index is -1.20. The lowest BCUT2D eigenvalue weighted by atomic mass is 10.2. The topological polar surface area (TPSA) is 101 Å². The smallest absolute Gasteiger partial charge is 0.338 e. The van der Waals surface area contributed by atoms with Crippen LogP contribution in [-0.2, 0) is 6.54 Å². The largest absolute Gasteiger partial charge is 0.481 e. The van der Waals surface area contributed by atoms with Crippen molar-refractivity contribution in [2.45, 2.75) is 6.54 Å². The Morgan fingerprint density at radius 1 is 1.29 bits per heavy atom. The summed E-state index contributed by atoms with van der Waals surface area (Å²) in [4.78, 5) is 30.8. The molecule has 0 aliphatic rings. The summed E-state index contributed by atoms with van der Waals surface area (Å²) in [7, 11) is 1.51. The molecule has 7 heteroatoms. The lowest BCUT2D eigenvalue weighted by Crippen LogP contribution is -2.26. The molecule has 0 aliphatic heterocycles. The van der Waals surface area contributed by atoms with Crippen LogP contribution in [0.15, 0.2) is 36.7 Å². The number of carbonyl (C=O) groups excluding carboxylic acids is 1. The second kappa shape index (κ2) is 6.47. The van der Waals surface area contributed by atoms with E-state index in [0.29, 0.717) is 5.88 Å². The molecule has 2 heterocycles. The van der Waals surface area contributed by atoms with Crippen molar-refractivity contribution in [3.8, 4) is 5.88 Å². The molecule has 2 aromatic heterocycles. The Bertz CT molecular complexity index is 656. The van der Waals surface area contributed by atoms with Crippen molar-refractivity contribution >= 4 is 11.9 Å². The number of methoxy groups -OCH3 is 1. The first-order chi connectivity index (χ1) is 10.1. The van der Waals surface area contributed by atoms with Gasteiger partial charge in [-0.2, -0.15) is 0 Å². The Balaban J connectivity index is 2.06. The van der Waals surface area contributed by atoms with Crippen LogP contribution in [-0.4, -0.2) is 34.1 Å². The highest BCUT2D eigenvalue weighted by Gasteiger charge is 2.17. The summed E-state index contributed by atoms with van der Waals surface area (Å²) in [5.41, 5.74) is 0.506. The Kier molecular flexibility index (Phi) is 4.45. The number of ether oxygens (including phenoxy) is 1. The monoisotopic (exact) mass is 287 g/mol. The average molecular weight is 287 g/mol. The lowest BCUT2D eigenvalue weighted by molar-refractivity contribution is 0.0690. The molecule has 1 amide bonds.